The molecule has 0 unspecified atom stereocenters. The molecule has 0 atom stereocenters. The minimum absolute atomic E-state index is 0.163. The highest BCUT2D eigenvalue weighted by atomic mass is 32.2. The first-order valence-electron chi connectivity index (χ1n) is 11.5. The molecule has 1 aliphatic rings. The van der Waals surface area contributed by atoms with Gasteiger partial charge in [-0.05, 0) is 32.4 Å². The van der Waals surface area contributed by atoms with E-state index < -0.39 is 0 Å². The number of hydrogen-bond acceptors (Lipinski definition) is 10. The fourth-order valence-electron chi connectivity index (χ4n) is 3.85. The molecular weight excluding hydrogens is 466 g/mol. The highest BCUT2D eigenvalue weighted by Gasteiger charge is 2.30. The van der Waals surface area contributed by atoms with Gasteiger partial charge in [-0.25, -0.2) is 29.9 Å². The topological polar surface area (TPSA) is 144 Å². The number of nitrogens with one attached hydrogen (secondary N) is 2. The van der Waals surface area contributed by atoms with Gasteiger partial charge < -0.3 is 10.3 Å². The molecule has 11 nitrogen and oxygen atoms in total. The Labute approximate surface area is 204 Å². The van der Waals surface area contributed by atoms with E-state index in [9.17, 15) is 9.59 Å². The highest BCUT2D eigenvalue weighted by Crippen LogP contribution is 2.41. The van der Waals surface area contributed by atoms with E-state index >= 15 is 0 Å². The van der Waals surface area contributed by atoms with Gasteiger partial charge >= 0.3 is 0 Å². The molecule has 4 aromatic rings. The molecule has 4 aromatic heterocycles. The maximum Gasteiger partial charge on any atom is 0.295 e. The van der Waals surface area contributed by atoms with Gasteiger partial charge in [-0.15, -0.1) is 11.8 Å². The van der Waals surface area contributed by atoms with Crippen LogP contribution in [0, 0.1) is 0 Å². The van der Waals surface area contributed by atoms with Crippen LogP contribution in [0.3, 0.4) is 0 Å². The summed E-state index contributed by atoms with van der Waals surface area (Å²) in [4.78, 5) is 56.2. The number of rotatable bonds is 8. The maximum absolute atomic E-state index is 13.3. The van der Waals surface area contributed by atoms with Crippen LogP contribution in [0.15, 0.2) is 39.4 Å². The van der Waals surface area contributed by atoms with E-state index in [4.69, 9.17) is 0 Å². The van der Waals surface area contributed by atoms with Crippen molar-refractivity contribution >= 4 is 28.7 Å². The molecule has 0 amide bonds. The normalized spacial score (nSPS) is 13.5. The number of aromatic nitrogens is 8. The van der Waals surface area contributed by atoms with Gasteiger partial charge in [-0.2, -0.15) is 0 Å². The Bertz CT molecular complexity index is 1490. The quantitative estimate of drug-likeness (QED) is 0.353. The van der Waals surface area contributed by atoms with E-state index in [1.54, 1.807) is 28.7 Å². The van der Waals surface area contributed by atoms with Gasteiger partial charge in [0.2, 0.25) is 0 Å². The van der Waals surface area contributed by atoms with Crippen LogP contribution in [0.25, 0.3) is 22.6 Å². The van der Waals surface area contributed by atoms with Gasteiger partial charge in [0.05, 0.1) is 24.8 Å². The van der Waals surface area contributed by atoms with Gasteiger partial charge in [-0.3, -0.25) is 14.2 Å². The monoisotopic (exact) mass is 491 g/mol. The van der Waals surface area contributed by atoms with Gasteiger partial charge in [0.25, 0.3) is 11.1 Å². The first-order valence-corrected chi connectivity index (χ1v) is 12.5. The molecule has 0 aromatic carbocycles. The smallest absolute Gasteiger partial charge is 0.295 e. The molecule has 180 valence electrons. The zero-order valence-electron chi connectivity index (χ0n) is 19.6. The van der Waals surface area contributed by atoms with Crippen molar-refractivity contribution in [2.45, 2.75) is 57.0 Å². The van der Waals surface area contributed by atoms with Crippen LogP contribution in [-0.2, 0) is 6.54 Å². The molecule has 1 fully saturated rings. The lowest BCUT2D eigenvalue weighted by Crippen LogP contribution is -2.28. The van der Waals surface area contributed by atoms with Crippen LogP contribution in [0.5, 0.6) is 0 Å². The van der Waals surface area contributed by atoms with E-state index in [0.29, 0.717) is 28.2 Å². The standard InChI is InChI=1S/C23H25N9O2S/c1-4-35-14-7-24-16(25-8-14)10-27-20-23(34)32(12(2)3)21-15(30-20)9-26-19(31-21)17-18(13-5-6-13)28-11-29-22(17)33/h7-9,11-13H,4-6,10H2,1-3H3,(H,27,30)(H,28,29,33). The molecule has 2 N–H and O–H groups in total. The fourth-order valence-corrected chi connectivity index (χ4v) is 4.44. The van der Waals surface area contributed by atoms with E-state index in [0.717, 1.165) is 23.5 Å². The Kier molecular flexibility index (Phi) is 6.29. The number of anilines is 1. The van der Waals surface area contributed by atoms with Crippen LogP contribution in [0.2, 0.25) is 0 Å². The minimum atomic E-state index is -0.321. The Hall–Kier alpha value is -3.67. The summed E-state index contributed by atoms with van der Waals surface area (Å²) in [5, 5.41) is 3.06. The van der Waals surface area contributed by atoms with Crippen molar-refractivity contribution < 1.29 is 0 Å². The van der Waals surface area contributed by atoms with Crippen molar-refractivity contribution in [1.29, 1.82) is 0 Å². The second-order valence-corrected chi connectivity index (χ2v) is 9.86. The van der Waals surface area contributed by atoms with E-state index in [1.165, 1.54) is 12.5 Å². The van der Waals surface area contributed by atoms with Gasteiger partial charge in [0.1, 0.15) is 16.9 Å². The Morgan fingerprint density at radius 2 is 1.89 bits per heavy atom. The molecular formula is C23H25N9O2S. The average molecular weight is 492 g/mol. The second-order valence-electron chi connectivity index (χ2n) is 8.52. The van der Waals surface area contributed by atoms with Crippen LogP contribution in [0.1, 0.15) is 57.1 Å². The molecule has 0 bridgehead atoms. The maximum atomic E-state index is 13.3. The number of hydrogen-bond donors (Lipinski definition) is 2. The SMILES string of the molecule is CCSc1cnc(CNc2nc3cnc(-c4c(C5CC5)nc[nH]c4=O)nc3n(C(C)C)c2=O)nc1. The highest BCUT2D eigenvalue weighted by molar-refractivity contribution is 7.99. The zero-order chi connectivity index (χ0) is 24.5. The molecule has 5 rings (SSSR count). The zero-order valence-corrected chi connectivity index (χ0v) is 20.5. The number of thioether (sulfide) groups is 1. The van der Waals surface area contributed by atoms with Crippen molar-refractivity contribution in [3.05, 3.63) is 57.1 Å². The summed E-state index contributed by atoms with van der Waals surface area (Å²) in [5.41, 5.74) is 1.23. The summed E-state index contributed by atoms with van der Waals surface area (Å²) in [7, 11) is 0. The van der Waals surface area contributed by atoms with Crippen molar-refractivity contribution in [3.63, 3.8) is 0 Å². The molecule has 0 spiro atoms. The van der Waals surface area contributed by atoms with Crippen molar-refractivity contribution in [3.8, 4) is 11.4 Å². The summed E-state index contributed by atoms with van der Waals surface area (Å²) >= 11 is 1.66. The fraction of sp³-hybridized carbons (Fsp3) is 0.391. The molecule has 1 aliphatic carbocycles. The number of aromatic amines is 1. The van der Waals surface area contributed by atoms with Gasteiger partial charge in [-0.1, -0.05) is 6.92 Å². The molecule has 1 saturated carbocycles. The third kappa shape index (κ3) is 4.65. The second kappa shape index (κ2) is 9.53. The molecule has 0 radical (unpaired) electrons. The summed E-state index contributed by atoms with van der Waals surface area (Å²) in [6.45, 7) is 6.11. The third-order valence-electron chi connectivity index (χ3n) is 5.62. The van der Waals surface area contributed by atoms with Crippen molar-refractivity contribution in [1.82, 2.24) is 39.5 Å². The summed E-state index contributed by atoms with van der Waals surface area (Å²) in [6.07, 6.45) is 8.44. The first kappa shape index (κ1) is 23.1. The Morgan fingerprint density at radius 3 is 2.57 bits per heavy atom. The Balaban J connectivity index is 1.53. The first-order chi connectivity index (χ1) is 17.0. The summed E-state index contributed by atoms with van der Waals surface area (Å²) in [6, 6.07) is -0.201. The number of fused-ring (bicyclic) bond motifs is 1. The van der Waals surface area contributed by atoms with Crippen molar-refractivity contribution in [2.75, 3.05) is 11.1 Å². The molecule has 35 heavy (non-hydrogen) atoms. The predicted molar refractivity (Wildman–Crippen MR) is 134 cm³/mol. The average Bonchev–Trinajstić information content (AvgIpc) is 3.69. The molecule has 0 aliphatic heterocycles. The van der Waals surface area contributed by atoms with Gasteiger partial charge in [0.15, 0.2) is 17.3 Å². The molecule has 4 heterocycles. The lowest BCUT2D eigenvalue weighted by atomic mass is 10.1. The van der Waals surface area contributed by atoms with E-state index in [2.05, 4.69) is 47.1 Å². The Morgan fingerprint density at radius 1 is 1.11 bits per heavy atom. The van der Waals surface area contributed by atoms with E-state index in [1.807, 2.05) is 13.8 Å². The summed E-state index contributed by atoms with van der Waals surface area (Å²) < 4.78 is 1.55. The van der Waals surface area contributed by atoms with E-state index in [-0.39, 0.29) is 41.3 Å². The number of H-pyrrole nitrogens is 1. The predicted octanol–water partition coefficient (Wildman–Crippen LogP) is 2.91. The van der Waals surface area contributed by atoms with Gasteiger partial charge in [0, 0.05) is 29.2 Å². The lowest BCUT2D eigenvalue weighted by molar-refractivity contribution is 0.593. The van der Waals surface area contributed by atoms with Crippen molar-refractivity contribution in [2.24, 2.45) is 0 Å². The molecule has 0 saturated heterocycles. The van der Waals surface area contributed by atoms with Crippen LogP contribution in [-0.4, -0.2) is 45.2 Å². The molecule has 12 heteroatoms. The van der Waals surface area contributed by atoms with Crippen LogP contribution < -0.4 is 16.4 Å². The summed E-state index contributed by atoms with van der Waals surface area (Å²) in [5.74, 6) is 2.13. The third-order valence-corrected chi connectivity index (χ3v) is 6.46. The van der Waals surface area contributed by atoms with Crippen LogP contribution in [0.4, 0.5) is 5.82 Å². The minimum Gasteiger partial charge on any atom is -0.358 e. The van der Waals surface area contributed by atoms with Crippen LogP contribution >= 0.6 is 11.8 Å². The lowest BCUT2D eigenvalue weighted by Gasteiger charge is -2.15. The number of nitrogens with zero attached hydrogens (tertiary/aromatic N) is 7. The largest absolute Gasteiger partial charge is 0.358 e.